The summed E-state index contributed by atoms with van der Waals surface area (Å²) >= 11 is 0. The maximum atomic E-state index is 11.6. The third-order valence-corrected chi connectivity index (χ3v) is 4.04. The Labute approximate surface area is 107 Å². The average molecular weight is 246 g/mol. The lowest BCUT2D eigenvalue weighted by Crippen LogP contribution is -2.28. The number of fused-ring (bicyclic) bond motifs is 3. The van der Waals surface area contributed by atoms with Gasteiger partial charge in [0.1, 0.15) is 5.75 Å². The fourth-order valence-electron chi connectivity index (χ4n) is 2.84. The molecule has 1 aromatic carbocycles. The van der Waals surface area contributed by atoms with Crippen molar-refractivity contribution in [2.24, 2.45) is 0 Å². The normalized spacial score (nSPS) is 24.4. The van der Waals surface area contributed by atoms with Crippen molar-refractivity contribution in [1.82, 2.24) is 10.6 Å². The van der Waals surface area contributed by atoms with Crippen molar-refractivity contribution in [1.29, 1.82) is 0 Å². The van der Waals surface area contributed by atoms with Crippen LogP contribution in [0.2, 0.25) is 0 Å². The first-order valence-corrected chi connectivity index (χ1v) is 6.38. The number of benzene rings is 1. The van der Waals surface area contributed by atoms with Gasteiger partial charge in [0.2, 0.25) is 0 Å². The monoisotopic (exact) mass is 246 g/mol. The first-order valence-electron chi connectivity index (χ1n) is 6.38. The zero-order chi connectivity index (χ0) is 12.8. The average Bonchev–Trinajstić information content (AvgIpc) is 2.90. The topological polar surface area (TPSA) is 50.4 Å². The minimum atomic E-state index is 0.0141. The van der Waals surface area contributed by atoms with Crippen LogP contribution in [0.5, 0.6) is 5.75 Å². The molecule has 1 amide bonds. The van der Waals surface area contributed by atoms with Crippen LogP contribution in [0.25, 0.3) is 0 Å². The minimum Gasteiger partial charge on any atom is -0.492 e. The van der Waals surface area contributed by atoms with Gasteiger partial charge in [-0.05, 0) is 26.1 Å². The van der Waals surface area contributed by atoms with Gasteiger partial charge in [-0.3, -0.25) is 4.79 Å². The molecule has 1 aromatic rings. The van der Waals surface area contributed by atoms with E-state index in [0.29, 0.717) is 13.2 Å². The molecule has 96 valence electrons. The molecule has 2 aliphatic rings. The van der Waals surface area contributed by atoms with Gasteiger partial charge in [0.25, 0.3) is 5.91 Å². The van der Waals surface area contributed by atoms with Crippen LogP contribution in [-0.4, -0.2) is 26.1 Å². The van der Waals surface area contributed by atoms with Crippen LogP contribution in [0.4, 0.5) is 0 Å². The summed E-state index contributed by atoms with van der Waals surface area (Å²) in [6.07, 6.45) is 1.04. The fraction of sp³-hybridized carbons (Fsp3) is 0.500. The van der Waals surface area contributed by atoms with Gasteiger partial charge in [-0.15, -0.1) is 0 Å². The molecule has 0 spiro atoms. The first-order chi connectivity index (χ1) is 8.65. The summed E-state index contributed by atoms with van der Waals surface area (Å²) in [7, 11) is 1.96. The predicted octanol–water partition coefficient (Wildman–Crippen LogP) is 1.19. The fourth-order valence-corrected chi connectivity index (χ4v) is 2.84. The maximum Gasteiger partial charge on any atom is 0.252 e. The van der Waals surface area contributed by atoms with E-state index >= 15 is 0 Å². The summed E-state index contributed by atoms with van der Waals surface area (Å²) in [6, 6.07) is 3.99. The van der Waals surface area contributed by atoms with Crippen LogP contribution in [0.3, 0.4) is 0 Å². The number of amides is 1. The van der Waals surface area contributed by atoms with Gasteiger partial charge in [0.15, 0.2) is 0 Å². The highest BCUT2D eigenvalue weighted by Gasteiger charge is 2.39. The number of carbonyl (C=O) groups is 1. The molecule has 4 nitrogen and oxygen atoms in total. The molecule has 0 saturated heterocycles. The molecule has 0 aliphatic carbocycles. The van der Waals surface area contributed by atoms with Gasteiger partial charge in [-0.2, -0.15) is 0 Å². The van der Waals surface area contributed by atoms with E-state index in [2.05, 4.69) is 23.6 Å². The summed E-state index contributed by atoms with van der Waals surface area (Å²) in [5.41, 5.74) is 3.10. The van der Waals surface area contributed by atoms with Crippen LogP contribution in [0, 0.1) is 0 Å². The summed E-state index contributed by atoms with van der Waals surface area (Å²) < 4.78 is 5.88. The van der Waals surface area contributed by atoms with Gasteiger partial charge >= 0.3 is 0 Å². The van der Waals surface area contributed by atoms with E-state index in [-0.39, 0.29) is 11.3 Å². The highest BCUT2D eigenvalue weighted by molar-refractivity contribution is 5.99. The predicted molar refractivity (Wildman–Crippen MR) is 69.0 cm³/mol. The Hall–Kier alpha value is -1.55. The smallest absolute Gasteiger partial charge is 0.252 e. The van der Waals surface area contributed by atoms with E-state index in [4.69, 9.17) is 4.74 Å². The Morgan fingerprint density at radius 2 is 2.33 bits per heavy atom. The molecule has 1 atom stereocenters. The Morgan fingerprint density at radius 3 is 3.11 bits per heavy atom. The molecule has 0 radical (unpaired) electrons. The third-order valence-electron chi connectivity index (χ3n) is 4.04. The molecule has 0 aromatic heterocycles. The minimum absolute atomic E-state index is 0.0141. The lowest BCUT2D eigenvalue weighted by molar-refractivity contribution is 0.0966. The Balaban J connectivity index is 2.01. The largest absolute Gasteiger partial charge is 0.492 e. The first kappa shape index (κ1) is 11.5. The molecule has 18 heavy (non-hydrogen) atoms. The Morgan fingerprint density at radius 1 is 1.50 bits per heavy atom. The van der Waals surface area contributed by atoms with Crippen molar-refractivity contribution in [2.45, 2.75) is 25.3 Å². The number of rotatable bonds is 3. The molecule has 3 rings (SSSR count). The zero-order valence-corrected chi connectivity index (χ0v) is 10.8. The van der Waals surface area contributed by atoms with E-state index < -0.39 is 0 Å². The zero-order valence-electron chi connectivity index (χ0n) is 10.8. The van der Waals surface area contributed by atoms with Crippen molar-refractivity contribution >= 4 is 5.91 Å². The number of hydrogen-bond acceptors (Lipinski definition) is 3. The van der Waals surface area contributed by atoms with Gasteiger partial charge in [0.05, 0.1) is 6.61 Å². The Kier molecular flexibility index (Phi) is 2.55. The van der Waals surface area contributed by atoms with Crippen molar-refractivity contribution in [2.75, 3.05) is 20.2 Å². The molecule has 2 N–H and O–H groups in total. The van der Waals surface area contributed by atoms with E-state index in [9.17, 15) is 4.79 Å². The molecule has 0 bridgehead atoms. The molecule has 4 heteroatoms. The van der Waals surface area contributed by atoms with Gasteiger partial charge in [0, 0.05) is 28.7 Å². The van der Waals surface area contributed by atoms with Crippen LogP contribution in [-0.2, 0) is 12.0 Å². The SMILES string of the molecule is CNCCC1(C)COc2c1ccc1c2CNC1=O. The second-order valence-electron chi connectivity index (χ2n) is 5.35. The van der Waals surface area contributed by atoms with E-state index in [0.717, 1.165) is 29.8 Å². The number of carbonyl (C=O) groups excluding carboxylic acids is 1. The summed E-state index contributed by atoms with van der Waals surface area (Å²) in [5.74, 6) is 0.949. The summed E-state index contributed by atoms with van der Waals surface area (Å²) in [4.78, 5) is 11.6. The quantitative estimate of drug-likeness (QED) is 0.842. The molecule has 1 unspecified atom stereocenters. The van der Waals surface area contributed by atoms with Crippen molar-refractivity contribution < 1.29 is 9.53 Å². The molecule has 2 aliphatic heterocycles. The third kappa shape index (κ3) is 1.52. The number of nitrogens with one attached hydrogen (secondary N) is 2. The van der Waals surface area contributed by atoms with Crippen LogP contribution in [0.1, 0.15) is 34.8 Å². The maximum absolute atomic E-state index is 11.6. The summed E-state index contributed by atoms with van der Waals surface area (Å²) in [6.45, 7) is 4.49. The van der Waals surface area contributed by atoms with Gasteiger partial charge < -0.3 is 15.4 Å². The lowest BCUT2D eigenvalue weighted by atomic mass is 9.80. The van der Waals surface area contributed by atoms with E-state index in [1.54, 1.807) is 0 Å². The Bertz CT molecular complexity index is 513. The standard InChI is InChI=1S/C14H18N2O2/c1-14(5-6-15-2)8-18-12-10-7-16-13(17)9(10)3-4-11(12)14/h3-4,15H,5-8H2,1-2H3,(H,16,17). The number of hydrogen-bond donors (Lipinski definition) is 2. The molecule has 0 saturated carbocycles. The molecular weight excluding hydrogens is 228 g/mol. The summed E-state index contributed by atoms with van der Waals surface area (Å²) in [5, 5.41) is 6.04. The van der Waals surface area contributed by atoms with Crippen LogP contribution >= 0.6 is 0 Å². The molecule has 0 fully saturated rings. The van der Waals surface area contributed by atoms with E-state index in [1.165, 1.54) is 5.56 Å². The van der Waals surface area contributed by atoms with Crippen molar-refractivity contribution in [3.8, 4) is 5.75 Å². The molecular formula is C14H18N2O2. The van der Waals surface area contributed by atoms with Crippen molar-refractivity contribution in [3.63, 3.8) is 0 Å². The van der Waals surface area contributed by atoms with E-state index in [1.807, 2.05) is 13.1 Å². The van der Waals surface area contributed by atoms with Crippen LogP contribution in [0.15, 0.2) is 12.1 Å². The van der Waals surface area contributed by atoms with Gasteiger partial charge in [-0.1, -0.05) is 13.0 Å². The molecule has 2 heterocycles. The van der Waals surface area contributed by atoms with Gasteiger partial charge in [-0.25, -0.2) is 0 Å². The lowest BCUT2D eigenvalue weighted by Gasteiger charge is -2.22. The van der Waals surface area contributed by atoms with Crippen molar-refractivity contribution in [3.05, 3.63) is 28.8 Å². The highest BCUT2D eigenvalue weighted by Crippen LogP contribution is 2.44. The van der Waals surface area contributed by atoms with Crippen LogP contribution < -0.4 is 15.4 Å². The second kappa shape index (κ2) is 3.99. The second-order valence-corrected chi connectivity index (χ2v) is 5.35. The number of ether oxygens (including phenoxy) is 1. The highest BCUT2D eigenvalue weighted by atomic mass is 16.5.